The second-order valence-electron chi connectivity index (χ2n) is 7.11. The number of hydrogen-bond acceptors (Lipinski definition) is 7. The van der Waals surface area contributed by atoms with Gasteiger partial charge in [0.15, 0.2) is 0 Å². The maximum absolute atomic E-state index is 12.4. The lowest BCUT2D eigenvalue weighted by atomic mass is 9.91. The van der Waals surface area contributed by atoms with Crippen molar-refractivity contribution < 1.29 is 9.59 Å². The van der Waals surface area contributed by atoms with E-state index in [-0.39, 0.29) is 37.0 Å². The second kappa shape index (κ2) is 8.72. The van der Waals surface area contributed by atoms with Crippen molar-refractivity contribution in [2.75, 3.05) is 0 Å². The van der Waals surface area contributed by atoms with Gasteiger partial charge in [-0.05, 0) is 56.0 Å². The minimum atomic E-state index is -0.427. The van der Waals surface area contributed by atoms with Gasteiger partial charge in [-0.1, -0.05) is 0 Å². The molecular weight excluding hydrogens is 364 g/mol. The molecule has 0 unspecified atom stereocenters. The van der Waals surface area contributed by atoms with Crippen molar-refractivity contribution in [3.05, 3.63) is 34.3 Å². The summed E-state index contributed by atoms with van der Waals surface area (Å²) in [6, 6.07) is 1.70. The molecule has 2 amide bonds. The van der Waals surface area contributed by atoms with Crippen molar-refractivity contribution in [1.29, 1.82) is 0 Å². The van der Waals surface area contributed by atoms with Gasteiger partial charge in [0.2, 0.25) is 11.8 Å². The zero-order valence-corrected chi connectivity index (χ0v) is 16.0. The van der Waals surface area contributed by atoms with Crippen molar-refractivity contribution in [2.24, 2.45) is 0 Å². The lowest BCUT2D eigenvalue weighted by Crippen LogP contribution is -2.47. The van der Waals surface area contributed by atoms with Gasteiger partial charge in [-0.15, -0.1) is 5.10 Å². The molecule has 0 aromatic carbocycles. The molecule has 1 aliphatic rings. The number of nitrogens with zero attached hydrogens (tertiary/aromatic N) is 6. The Morgan fingerprint density at radius 3 is 2.43 bits per heavy atom. The average molecular weight is 388 g/mol. The topological polar surface area (TPSA) is 137 Å². The quantitative estimate of drug-likeness (QED) is 0.654. The highest BCUT2D eigenvalue weighted by Gasteiger charge is 2.25. The maximum atomic E-state index is 12.4. The highest BCUT2D eigenvalue weighted by Crippen LogP contribution is 2.18. The SMILES string of the molecule is Cc1cc(C)n(CC(=O)N[C@@H]2CCC[C@@H](NC(=O)Cn3cnnn3)C2)c(=O)n1. The summed E-state index contributed by atoms with van der Waals surface area (Å²) in [6.45, 7) is 3.52. The number of tetrazole rings is 1. The number of amides is 2. The predicted octanol–water partition coefficient (Wildman–Crippen LogP) is -0.910. The number of carbonyl (C=O) groups is 2. The number of carbonyl (C=O) groups excluding carboxylic acids is 2. The van der Waals surface area contributed by atoms with E-state index in [0.29, 0.717) is 17.8 Å². The summed E-state index contributed by atoms with van der Waals surface area (Å²) in [7, 11) is 0. The molecule has 2 N–H and O–H groups in total. The van der Waals surface area contributed by atoms with Gasteiger partial charge < -0.3 is 10.6 Å². The molecular formula is C17H24N8O3. The number of aromatic nitrogens is 6. The van der Waals surface area contributed by atoms with E-state index in [1.165, 1.54) is 15.6 Å². The Morgan fingerprint density at radius 2 is 1.82 bits per heavy atom. The number of rotatable bonds is 6. The first-order valence-electron chi connectivity index (χ1n) is 9.25. The molecule has 11 heteroatoms. The van der Waals surface area contributed by atoms with Crippen LogP contribution in [0.25, 0.3) is 0 Å². The van der Waals surface area contributed by atoms with Crippen LogP contribution in [-0.4, -0.2) is 53.7 Å². The molecule has 2 aromatic rings. The fourth-order valence-electron chi connectivity index (χ4n) is 3.51. The first-order valence-corrected chi connectivity index (χ1v) is 9.25. The van der Waals surface area contributed by atoms with Crippen molar-refractivity contribution in [2.45, 2.75) is 64.7 Å². The highest BCUT2D eigenvalue weighted by atomic mass is 16.2. The molecule has 2 heterocycles. The standard InChI is InChI=1S/C17H24N8O3/c1-11-6-12(2)25(17(28)19-11)9-16(27)21-14-5-3-4-13(7-14)20-15(26)8-24-10-18-22-23-24/h6,10,13-14H,3-5,7-9H2,1-2H3,(H,20,26)(H,21,27)/t13-,14-/m1/s1. The molecule has 11 nitrogen and oxygen atoms in total. The van der Waals surface area contributed by atoms with Gasteiger partial charge in [0.05, 0.1) is 0 Å². The van der Waals surface area contributed by atoms with Crippen molar-refractivity contribution in [3.8, 4) is 0 Å². The van der Waals surface area contributed by atoms with Crippen LogP contribution in [0.2, 0.25) is 0 Å². The van der Waals surface area contributed by atoms with Crippen molar-refractivity contribution in [3.63, 3.8) is 0 Å². The first-order chi connectivity index (χ1) is 13.4. The normalized spacial score (nSPS) is 19.2. The van der Waals surface area contributed by atoms with Crippen LogP contribution in [0.5, 0.6) is 0 Å². The van der Waals surface area contributed by atoms with E-state index in [4.69, 9.17) is 0 Å². The Bertz CT molecular complexity index is 892. The lowest BCUT2D eigenvalue weighted by Gasteiger charge is -2.30. The molecule has 150 valence electrons. The Morgan fingerprint density at radius 1 is 1.14 bits per heavy atom. The summed E-state index contributed by atoms with van der Waals surface area (Å²) in [6.07, 6.45) is 4.62. The number of aryl methyl sites for hydroxylation is 2. The molecule has 1 saturated carbocycles. The van der Waals surface area contributed by atoms with Crippen LogP contribution >= 0.6 is 0 Å². The Labute approximate surface area is 161 Å². The van der Waals surface area contributed by atoms with Crippen LogP contribution in [0.15, 0.2) is 17.2 Å². The molecule has 1 fully saturated rings. The van der Waals surface area contributed by atoms with Gasteiger partial charge in [-0.3, -0.25) is 14.2 Å². The van der Waals surface area contributed by atoms with E-state index >= 15 is 0 Å². The van der Waals surface area contributed by atoms with Crippen LogP contribution < -0.4 is 16.3 Å². The van der Waals surface area contributed by atoms with Crippen molar-refractivity contribution >= 4 is 11.8 Å². The fraction of sp³-hybridized carbons (Fsp3) is 0.588. The summed E-state index contributed by atoms with van der Waals surface area (Å²) in [4.78, 5) is 40.4. The van der Waals surface area contributed by atoms with Crippen LogP contribution in [0.3, 0.4) is 0 Å². The smallest absolute Gasteiger partial charge is 0.348 e. The van der Waals surface area contributed by atoms with E-state index in [9.17, 15) is 14.4 Å². The summed E-state index contributed by atoms with van der Waals surface area (Å²) in [5.41, 5.74) is 0.903. The molecule has 2 aromatic heterocycles. The third-order valence-corrected chi connectivity index (χ3v) is 4.75. The molecule has 1 aliphatic carbocycles. The van der Waals surface area contributed by atoms with Gasteiger partial charge >= 0.3 is 5.69 Å². The molecule has 3 rings (SSSR count). The summed E-state index contributed by atoms with van der Waals surface area (Å²) < 4.78 is 2.71. The first kappa shape index (κ1) is 19.6. The van der Waals surface area contributed by atoms with Gasteiger partial charge in [0.25, 0.3) is 0 Å². The Hall–Kier alpha value is -3.11. The second-order valence-corrected chi connectivity index (χ2v) is 7.11. The highest BCUT2D eigenvalue weighted by molar-refractivity contribution is 5.76. The average Bonchev–Trinajstić information content (AvgIpc) is 3.11. The van der Waals surface area contributed by atoms with Gasteiger partial charge in [0.1, 0.15) is 19.4 Å². The minimum Gasteiger partial charge on any atom is -0.352 e. The summed E-state index contributed by atoms with van der Waals surface area (Å²) >= 11 is 0. The monoisotopic (exact) mass is 388 g/mol. The largest absolute Gasteiger partial charge is 0.352 e. The Balaban J connectivity index is 1.51. The van der Waals surface area contributed by atoms with E-state index in [0.717, 1.165) is 19.3 Å². The third kappa shape index (κ3) is 5.21. The third-order valence-electron chi connectivity index (χ3n) is 4.75. The van der Waals surface area contributed by atoms with Crippen LogP contribution in [0.4, 0.5) is 0 Å². The van der Waals surface area contributed by atoms with E-state index < -0.39 is 5.69 Å². The van der Waals surface area contributed by atoms with Gasteiger partial charge in [-0.25, -0.2) is 9.48 Å². The van der Waals surface area contributed by atoms with E-state index in [1.807, 2.05) is 0 Å². The molecule has 0 radical (unpaired) electrons. The maximum Gasteiger partial charge on any atom is 0.348 e. The lowest BCUT2D eigenvalue weighted by molar-refractivity contribution is -0.123. The fourth-order valence-corrected chi connectivity index (χ4v) is 3.51. The molecule has 28 heavy (non-hydrogen) atoms. The predicted molar refractivity (Wildman–Crippen MR) is 98.1 cm³/mol. The minimum absolute atomic E-state index is 0.0199. The van der Waals surface area contributed by atoms with Gasteiger partial charge in [-0.2, -0.15) is 4.98 Å². The van der Waals surface area contributed by atoms with Crippen LogP contribution in [-0.2, 0) is 22.7 Å². The molecule has 0 aliphatic heterocycles. The molecule has 2 atom stereocenters. The van der Waals surface area contributed by atoms with Gasteiger partial charge in [0, 0.05) is 23.5 Å². The van der Waals surface area contributed by atoms with E-state index in [1.54, 1.807) is 19.9 Å². The molecule has 0 saturated heterocycles. The summed E-state index contributed by atoms with van der Waals surface area (Å²) in [5, 5.41) is 16.6. The number of nitrogens with one attached hydrogen (secondary N) is 2. The summed E-state index contributed by atoms with van der Waals surface area (Å²) in [5.74, 6) is -0.404. The number of hydrogen-bond donors (Lipinski definition) is 2. The van der Waals surface area contributed by atoms with Crippen molar-refractivity contribution in [1.82, 2.24) is 40.4 Å². The zero-order valence-electron chi connectivity index (χ0n) is 16.0. The molecule has 0 spiro atoms. The van der Waals surface area contributed by atoms with E-state index in [2.05, 4.69) is 31.1 Å². The molecule has 0 bridgehead atoms. The van der Waals surface area contributed by atoms with Crippen LogP contribution in [0.1, 0.15) is 37.1 Å². The van der Waals surface area contributed by atoms with Crippen LogP contribution in [0, 0.1) is 13.8 Å². The Kier molecular flexibility index (Phi) is 6.12. The zero-order chi connectivity index (χ0) is 20.1.